The van der Waals surface area contributed by atoms with Crippen molar-refractivity contribution in [1.29, 1.82) is 0 Å². The van der Waals surface area contributed by atoms with Crippen LogP contribution in [0.15, 0.2) is 38.8 Å². The lowest BCUT2D eigenvalue weighted by Crippen LogP contribution is -2.31. The van der Waals surface area contributed by atoms with Crippen LogP contribution < -0.4 is 11.2 Å². The summed E-state index contributed by atoms with van der Waals surface area (Å²) in [5.41, 5.74) is -0.0452. The average Bonchev–Trinajstić information content (AvgIpc) is 2.48. The molecule has 0 aliphatic carbocycles. The first-order chi connectivity index (χ1) is 10.5. The second-order valence-electron chi connectivity index (χ2n) is 5.15. The molecule has 2 aromatic rings. The predicted octanol–water partition coefficient (Wildman–Crippen LogP) is 1.76. The minimum atomic E-state index is -0.683. The van der Waals surface area contributed by atoms with E-state index >= 15 is 0 Å². The van der Waals surface area contributed by atoms with E-state index in [9.17, 15) is 14.7 Å². The maximum Gasteiger partial charge on any atom is 0.335 e. The SMILES string of the molecule is CC[C@@H](C)N=Cc1c(O)n(-c2ccccc2C)c(=O)[nH]c1=O. The zero-order valence-corrected chi connectivity index (χ0v) is 12.8. The Labute approximate surface area is 127 Å². The Balaban J connectivity index is 2.68. The van der Waals surface area contributed by atoms with Crippen LogP contribution in [0.3, 0.4) is 0 Å². The first-order valence-corrected chi connectivity index (χ1v) is 7.13. The van der Waals surface area contributed by atoms with E-state index in [0.717, 1.165) is 16.6 Å². The van der Waals surface area contributed by atoms with Gasteiger partial charge in [-0.1, -0.05) is 25.1 Å². The Kier molecular flexibility index (Phi) is 4.60. The molecular formula is C16H19N3O3. The van der Waals surface area contributed by atoms with E-state index in [2.05, 4.69) is 9.98 Å². The van der Waals surface area contributed by atoms with Crippen LogP contribution in [0.1, 0.15) is 31.4 Å². The van der Waals surface area contributed by atoms with Crippen LogP contribution in [0.2, 0.25) is 0 Å². The highest BCUT2D eigenvalue weighted by atomic mass is 16.3. The second-order valence-corrected chi connectivity index (χ2v) is 5.15. The van der Waals surface area contributed by atoms with Gasteiger partial charge in [-0.2, -0.15) is 0 Å². The molecule has 0 saturated carbocycles. The molecule has 1 heterocycles. The number of aryl methyl sites for hydroxylation is 1. The van der Waals surface area contributed by atoms with Gasteiger partial charge in [0.05, 0.1) is 5.69 Å². The van der Waals surface area contributed by atoms with Crippen LogP contribution in [-0.4, -0.2) is 26.9 Å². The number of hydrogen-bond donors (Lipinski definition) is 2. The summed E-state index contributed by atoms with van der Waals surface area (Å²) in [7, 11) is 0. The number of hydrogen-bond acceptors (Lipinski definition) is 4. The van der Waals surface area contributed by atoms with Crippen molar-refractivity contribution in [3.05, 3.63) is 56.2 Å². The summed E-state index contributed by atoms with van der Waals surface area (Å²) in [6, 6.07) is 7.13. The minimum Gasteiger partial charge on any atom is -0.493 e. The molecule has 6 nitrogen and oxygen atoms in total. The van der Waals surface area contributed by atoms with Crippen molar-refractivity contribution in [2.75, 3.05) is 0 Å². The summed E-state index contributed by atoms with van der Waals surface area (Å²) in [6.45, 7) is 5.69. The van der Waals surface area contributed by atoms with E-state index in [4.69, 9.17) is 0 Å². The third kappa shape index (κ3) is 3.00. The summed E-state index contributed by atoms with van der Waals surface area (Å²) in [6.07, 6.45) is 2.13. The number of aromatic nitrogens is 2. The Morgan fingerprint density at radius 3 is 2.68 bits per heavy atom. The Hall–Kier alpha value is -2.63. The van der Waals surface area contributed by atoms with Crippen molar-refractivity contribution in [2.24, 2.45) is 4.99 Å². The Morgan fingerprint density at radius 1 is 1.36 bits per heavy atom. The molecule has 1 aromatic heterocycles. The molecule has 0 aliphatic heterocycles. The molecule has 1 aromatic carbocycles. The second kappa shape index (κ2) is 6.43. The normalized spacial score (nSPS) is 12.7. The number of benzene rings is 1. The van der Waals surface area contributed by atoms with Gasteiger partial charge in [-0.3, -0.25) is 14.8 Å². The van der Waals surface area contributed by atoms with Crippen molar-refractivity contribution in [1.82, 2.24) is 9.55 Å². The monoisotopic (exact) mass is 301 g/mol. The lowest BCUT2D eigenvalue weighted by Gasteiger charge is -2.12. The number of aromatic hydroxyl groups is 1. The van der Waals surface area contributed by atoms with Gasteiger partial charge >= 0.3 is 5.69 Å². The molecule has 0 bridgehead atoms. The quantitative estimate of drug-likeness (QED) is 0.843. The third-order valence-electron chi connectivity index (χ3n) is 3.53. The van der Waals surface area contributed by atoms with Gasteiger partial charge in [-0.25, -0.2) is 9.36 Å². The fourth-order valence-electron chi connectivity index (χ4n) is 2.00. The van der Waals surface area contributed by atoms with Crippen LogP contribution >= 0.6 is 0 Å². The summed E-state index contributed by atoms with van der Waals surface area (Å²) < 4.78 is 1.08. The zero-order valence-electron chi connectivity index (χ0n) is 12.8. The van der Waals surface area contributed by atoms with E-state index in [0.29, 0.717) is 5.69 Å². The van der Waals surface area contributed by atoms with Gasteiger partial charge in [-0.15, -0.1) is 0 Å². The molecule has 0 aliphatic rings. The molecule has 22 heavy (non-hydrogen) atoms. The molecule has 6 heteroatoms. The van der Waals surface area contributed by atoms with E-state index in [1.54, 1.807) is 12.1 Å². The molecule has 2 rings (SSSR count). The van der Waals surface area contributed by atoms with Crippen molar-refractivity contribution in [3.8, 4) is 11.6 Å². The first kappa shape index (κ1) is 15.8. The van der Waals surface area contributed by atoms with E-state index in [1.807, 2.05) is 32.9 Å². The highest BCUT2D eigenvalue weighted by Crippen LogP contribution is 2.18. The van der Waals surface area contributed by atoms with Crippen molar-refractivity contribution in [2.45, 2.75) is 33.2 Å². The van der Waals surface area contributed by atoms with Crippen LogP contribution in [0.4, 0.5) is 0 Å². The van der Waals surface area contributed by atoms with Gasteiger partial charge < -0.3 is 5.11 Å². The highest BCUT2D eigenvalue weighted by Gasteiger charge is 2.15. The van der Waals surface area contributed by atoms with Gasteiger partial charge in [-0.05, 0) is 31.9 Å². The smallest absolute Gasteiger partial charge is 0.335 e. The van der Waals surface area contributed by atoms with Crippen LogP contribution in [0.25, 0.3) is 5.69 Å². The molecule has 0 amide bonds. The topological polar surface area (TPSA) is 87.4 Å². The van der Waals surface area contributed by atoms with Gasteiger partial charge in [0.25, 0.3) is 5.56 Å². The number of para-hydroxylation sites is 1. The number of aromatic amines is 1. The molecule has 2 N–H and O–H groups in total. The molecule has 0 fully saturated rings. The Morgan fingerprint density at radius 2 is 2.05 bits per heavy atom. The largest absolute Gasteiger partial charge is 0.493 e. The van der Waals surface area contributed by atoms with Gasteiger partial charge in [0.15, 0.2) is 0 Å². The maximum atomic E-state index is 12.1. The number of aliphatic imine (C=N–C) groups is 1. The van der Waals surface area contributed by atoms with E-state index in [1.165, 1.54) is 6.21 Å². The first-order valence-electron chi connectivity index (χ1n) is 7.13. The molecule has 0 spiro atoms. The van der Waals surface area contributed by atoms with Crippen LogP contribution in [-0.2, 0) is 0 Å². The number of rotatable bonds is 4. The van der Waals surface area contributed by atoms with Gasteiger partial charge in [0.2, 0.25) is 5.88 Å². The fraction of sp³-hybridized carbons (Fsp3) is 0.312. The Bertz CT molecular complexity index is 818. The summed E-state index contributed by atoms with van der Waals surface area (Å²) in [5, 5.41) is 10.4. The molecular weight excluding hydrogens is 282 g/mol. The molecule has 0 unspecified atom stereocenters. The lowest BCUT2D eigenvalue weighted by atomic mass is 10.2. The lowest BCUT2D eigenvalue weighted by molar-refractivity contribution is 0.430. The summed E-state index contributed by atoms with van der Waals surface area (Å²) >= 11 is 0. The maximum absolute atomic E-state index is 12.1. The highest BCUT2D eigenvalue weighted by molar-refractivity contribution is 5.82. The predicted molar refractivity (Wildman–Crippen MR) is 86.4 cm³/mol. The van der Waals surface area contributed by atoms with Gasteiger partial charge in [0, 0.05) is 12.3 Å². The average molecular weight is 301 g/mol. The molecule has 0 radical (unpaired) electrons. The molecule has 1 atom stereocenters. The van der Waals surface area contributed by atoms with Crippen molar-refractivity contribution >= 4 is 6.21 Å². The summed E-state index contributed by atoms with van der Waals surface area (Å²) in [4.78, 5) is 30.4. The van der Waals surface area contributed by atoms with Crippen LogP contribution in [0.5, 0.6) is 5.88 Å². The number of H-pyrrole nitrogens is 1. The van der Waals surface area contributed by atoms with Crippen molar-refractivity contribution < 1.29 is 5.11 Å². The number of nitrogens with zero attached hydrogens (tertiary/aromatic N) is 2. The fourth-order valence-corrected chi connectivity index (χ4v) is 2.00. The van der Waals surface area contributed by atoms with Crippen molar-refractivity contribution in [3.63, 3.8) is 0 Å². The zero-order chi connectivity index (χ0) is 16.3. The molecule has 116 valence electrons. The third-order valence-corrected chi connectivity index (χ3v) is 3.53. The minimum absolute atomic E-state index is 0.0249. The van der Waals surface area contributed by atoms with E-state index < -0.39 is 17.1 Å². The number of nitrogens with one attached hydrogen (secondary N) is 1. The van der Waals surface area contributed by atoms with E-state index in [-0.39, 0.29) is 11.6 Å². The standard InChI is InChI=1S/C16H19N3O3/c1-4-11(3)17-9-12-14(20)18-16(22)19(15(12)21)13-8-6-5-7-10(13)2/h5-9,11,21H,4H2,1-3H3,(H,18,20,22)/t11-/m1/s1. The van der Waals surface area contributed by atoms with Crippen LogP contribution in [0, 0.1) is 6.92 Å². The van der Waals surface area contributed by atoms with Gasteiger partial charge in [0.1, 0.15) is 5.56 Å². The molecule has 0 saturated heterocycles. The summed E-state index contributed by atoms with van der Waals surface area (Å²) in [5.74, 6) is -0.407.